The number of amides is 1. The van der Waals surface area contributed by atoms with E-state index >= 15 is 0 Å². The van der Waals surface area contributed by atoms with Crippen molar-refractivity contribution in [1.82, 2.24) is 25.0 Å². The van der Waals surface area contributed by atoms with E-state index in [-0.39, 0.29) is 11.4 Å². The monoisotopic (exact) mass is 375 g/mol. The van der Waals surface area contributed by atoms with Crippen LogP contribution in [0.2, 0.25) is 5.02 Å². The predicted octanol–water partition coefficient (Wildman–Crippen LogP) is 3.31. The lowest BCUT2D eigenvalue weighted by molar-refractivity contribution is 0.0888. The molecule has 1 aliphatic rings. The van der Waals surface area contributed by atoms with Crippen LogP contribution in [0.3, 0.4) is 0 Å². The minimum atomic E-state index is -0.336. The summed E-state index contributed by atoms with van der Waals surface area (Å²) in [7, 11) is 0. The Bertz CT molecular complexity index is 736. The number of nitrogens with zero attached hydrogens (tertiary/aromatic N) is 4. The van der Waals surface area contributed by atoms with Gasteiger partial charge in [-0.2, -0.15) is 0 Å². The number of carbonyl (C=O) groups is 1. The number of halogens is 1. The van der Waals surface area contributed by atoms with E-state index in [0.29, 0.717) is 10.6 Å². The Labute approximate surface area is 159 Å². The van der Waals surface area contributed by atoms with Crippen LogP contribution in [0.5, 0.6) is 0 Å². The van der Waals surface area contributed by atoms with Crippen LogP contribution in [0.25, 0.3) is 5.69 Å². The average molecular weight is 376 g/mol. The molecule has 1 fully saturated rings. The summed E-state index contributed by atoms with van der Waals surface area (Å²) in [6.45, 7) is 7.16. The molecular formula is C19H26ClN5O. The fraction of sp³-hybridized carbons (Fsp3) is 0.526. The lowest BCUT2D eigenvalue weighted by Crippen LogP contribution is -2.51. The standard InChI is InChI=1S/C19H26ClN5O/c1-19(2,12-24-9-5-3-4-6-10-24)23-18(26)16-11-15(7-8-17(16)20)25-13-21-22-14-25/h7-8,11,13-14H,3-6,9-10,12H2,1-2H3,(H,23,26). The molecule has 0 aliphatic carbocycles. The third-order valence-electron chi connectivity index (χ3n) is 4.68. The molecule has 0 unspecified atom stereocenters. The predicted molar refractivity (Wildman–Crippen MR) is 103 cm³/mol. The fourth-order valence-electron chi connectivity index (χ4n) is 3.45. The van der Waals surface area contributed by atoms with Gasteiger partial charge in [-0.25, -0.2) is 0 Å². The number of hydrogen-bond donors (Lipinski definition) is 1. The minimum absolute atomic E-state index is 0.162. The smallest absolute Gasteiger partial charge is 0.253 e. The molecule has 140 valence electrons. The van der Waals surface area contributed by atoms with E-state index in [4.69, 9.17) is 11.6 Å². The molecule has 7 heteroatoms. The summed E-state index contributed by atoms with van der Waals surface area (Å²) in [5.41, 5.74) is 0.925. The topological polar surface area (TPSA) is 63.1 Å². The van der Waals surface area contributed by atoms with Crippen LogP contribution in [0.15, 0.2) is 30.9 Å². The fourth-order valence-corrected chi connectivity index (χ4v) is 3.65. The van der Waals surface area contributed by atoms with Gasteiger partial charge in [0, 0.05) is 17.8 Å². The first kappa shape index (κ1) is 18.9. The van der Waals surface area contributed by atoms with Crippen molar-refractivity contribution in [3.63, 3.8) is 0 Å². The molecule has 26 heavy (non-hydrogen) atoms. The average Bonchev–Trinajstić information content (AvgIpc) is 3.00. The van der Waals surface area contributed by atoms with Crippen LogP contribution < -0.4 is 5.32 Å². The SMILES string of the molecule is CC(C)(CN1CCCCCC1)NC(=O)c1cc(-n2cnnc2)ccc1Cl. The van der Waals surface area contributed by atoms with Crippen LogP contribution in [0, 0.1) is 0 Å². The largest absolute Gasteiger partial charge is 0.346 e. The molecule has 1 aromatic carbocycles. The summed E-state index contributed by atoms with van der Waals surface area (Å²) in [5, 5.41) is 11.2. The highest BCUT2D eigenvalue weighted by atomic mass is 35.5. The molecule has 1 aromatic heterocycles. The second-order valence-corrected chi connectivity index (χ2v) is 7.97. The highest BCUT2D eigenvalue weighted by molar-refractivity contribution is 6.33. The normalized spacial score (nSPS) is 16.3. The van der Waals surface area contributed by atoms with Gasteiger partial charge in [0.25, 0.3) is 5.91 Å². The molecular weight excluding hydrogens is 350 g/mol. The van der Waals surface area contributed by atoms with E-state index in [2.05, 4.69) is 34.3 Å². The van der Waals surface area contributed by atoms with Gasteiger partial charge in [-0.3, -0.25) is 9.36 Å². The third-order valence-corrected chi connectivity index (χ3v) is 5.01. The van der Waals surface area contributed by atoms with Crippen molar-refractivity contribution in [3.05, 3.63) is 41.4 Å². The Balaban J connectivity index is 1.71. The van der Waals surface area contributed by atoms with Crippen LogP contribution >= 0.6 is 11.6 Å². The van der Waals surface area contributed by atoms with Gasteiger partial charge in [0.05, 0.1) is 10.6 Å². The van der Waals surface area contributed by atoms with Crippen molar-refractivity contribution >= 4 is 17.5 Å². The van der Waals surface area contributed by atoms with Gasteiger partial charge >= 0.3 is 0 Å². The lowest BCUT2D eigenvalue weighted by atomic mass is 10.0. The first-order valence-electron chi connectivity index (χ1n) is 9.14. The number of rotatable bonds is 5. The Morgan fingerprint density at radius 1 is 1.15 bits per heavy atom. The molecule has 1 amide bonds. The van der Waals surface area contributed by atoms with Crippen molar-refractivity contribution < 1.29 is 4.79 Å². The summed E-state index contributed by atoms with van der Waals surface area (Å²) in [4.78, 5) is 15.3. The number of hydrogen-bond acceptors (Lipinski definition) is 4. The summed E-state index contributed by atoms with van der Waals surface area (Å²) in [6.07, 6.45) is 8.25. The lowest BCUT2D eigenvalue weighted by Gasteiger charge is -2.33. The van der Waals surface area contributed by atoms with Crippen LogP contribution in [-0.2, 0) is 0 Å². The quantitative estimate of drug-likeness (QED) is 0.870. The molecule has 2 aromatic rings. The zero-order chi connectivity index (χ0) is 18.6. The van der Waals surface area contributed by atoms with Gasteiger partial charge < -0.3 is 10.2 Å². The zero-order valence-corrected chi connectivity index (χ0v) is 16.2. The molecule has 0 saturated carbocycles. The highest BCUT2D eigenvalue weighted by Gasteiger charge is 2.26. The van der Waals surface area contributed by atoms with Crippen molar-refractivity contribution in [2.75, 3.05) is 19.6 Å². The van der Waals surface area contributed by atoms with E-state index in [1.165, 1.54) is 25.7 Å². The Morgan fingerprint density at radius 2 is 1.81 bits per heavy atom. The molecule has 0 spiro atoms. The van der Waals surface area contributed by atoms with Gasteiger partial charge in [0.2, 0.25) is 0 Å². The van der Waals surface area contributed by atoms with Gasteiger partial charge in [-0.05, 0) is 58.0 Å². The molecule has 1 saturated heterocycles. The van der Waals surface area contributed by atoms with Crippen LogP contribution in [0.4, 0.5) is 0 Å². The van der Waals surface area contributed by atoms with Gasteiger partial charge in [0.15, 0.2) is 0 Å². The van der Waals surface area contributed by atoms with E-state index in [9.17, 15) is 4.79 Å². The molecule has 2 heterocycles. The highest BCUT2D eigenvalue weighted by Crippen LogP contribution is 2.21. The Hall–Kier alpha value is -1.92. The van der Waals surface area contributed by atoms with Crippen molar-refractivity contribution in [2.24, 2.45) is 0 Å². The van der Waals surface area contributed by atoms with Crippen molar-refractivity contribution in [3.8, 4) is 5.69 Å². The van der Waals surface area contributed by atoms with Gasteiger partial charge in [-0.15, -0.1) is 10.2 Å². The third kappa shape index (κ3) is 4.83. The second-order valence-electron chi connectivity index (χ2n) is 7.56. The van der Waals surface area contributed by atoms with Crippen molar-refractivity contribution in [2.45, 2.75) is 45.1 Å². The number of nitrogens with one attached hydrogen (secondary N) is 1. The maximum absolute atomic E-state index is 12.9. The first-order valence-corrected chi connectivity index (χ1v) is 9.52. The Kier molecular flexibility index (Phi) is 5.94. The molecule has 0 atom stereocenters. The van der Waals surface area contributed by atoms with Crippen LogP contribution in [-0.4, -0.2) is 50.7 Å². The molecule has 1 aliphatic heterocycles. The summed E-state index contributed by atoms with van der Waals surface area (Å²) < 4.78 is 1.75. The molecule has 0 radical (unpaired) electrons. The molecule has 1 N–H and O–H groups in total. The van der Waals surface area contributed by atoms with Gasteiger partial charge in [0.1, 0.15) is 12.7 Å². The number of benzene rings is 1. The summed E-state index contributed by atoms with van der Waals surface area (Å²) >= 11 is 6.28. The van der Waals surface area contributed by atoms with Crippen LogP contribution in [0.1, 0.15) is 49.9 Å². The second kappa shape index (κ2) is 8.18. The maximum Gasteiger partial charge on any atom is 0.253 e. The van der Waals surface area contributed by atoms with E-state index in [1.807, 2.05) is 6.07 Å². The number of carbonyl (C=O) groups excluding carboxylic acids is 1. The van der Waals surface area contributed by atoms with E-state index < -0.39 is 0 Å². The Morgan fingerprint density at radius 3 is 2.46 bits per heavy atom. The first-order chi connectivity index (χ1) is 12.4. The number of aromatic nitrogens is 3. The number of likely N-dealkylation sites (tertiary alicyclic amines) is 1. The van der Waals surface area contributed by atoms with Crippen molar-refractivity contribution in [1.29, 1.82) is 0 Å². The molecule has 6 nitrogen and oxygen atoms in total. The maximum atomic E-state index is 12.9. The van der Waals surface area contributed by atoms with E-state index in [1.54, 1.807) is 29.4 Å². The molecule has 3 rings (SSSR count). The van der Waals surface area contributed by atoms with Gasteiger partial charge in [-0.1, -0.05) is 24.4 Å². The summed E-state index contributed by atoms with van der Waals surface area (Å²) in [5.74, 6) is -0.162. The molecule has 0 bridgehead atoms. The minimum Gasteiger partial charge on any atom is -0.346 e. The van der Waals surface area contributed by atoms with E-state index in [0.717, 1.165) is 25.3 Å². The summed E-state index contributed by atoms with van der Waals surface area (Å²) in [6, 6.07) is 5.33. The zero-order valence-electron chi connectivity index (χ0n) is 15.4.